The normalized spacial score (nSPS) is 12.8. The lowest BCUT2D eigenvalue weighted by molar-refractivity contribution is 0.653. The van der Waals surface area contributed by atoms with Crippen molar-refractivity contribution in [1.29, 1.82) is 5.26 Å². The fourth-order valence-corrected chi connectivity index (χ4v) is 1.59. The molecule has 0 spiro atoms. The monoisotopic (exact) mass is 324 g/mol. The third-order valence-electron chi connectivity index (χ3n) is 2.72. The van der Waals surface area contributed by atoms with E-state index in [1.807, 2.05) is 0 Å². The Morgan fingerprint density at radius 2 is 1.30 bits per heavy atom. The molecule has 0 aromatic carbocycles. The van der Waals surface area contributed by atoms with Crippen LogP contribution in [-0.2, 0) is 0 Å². The van der Waals surface area contributed by atoms with Gasteiger partial charge in [0.1, 0.15) is 0 Å². The second-order valence-corrected chi connectivity index (χ2v) is 4.72. The fraction of sp³-hybridized carbons (Fsp3) is 0.692. The summed E-state index contributed by atoms with van der Waals surface area (Å²) in [7, 11) is 0. The highest BCUT2D eigenvalue weighted by Gasteiger charge is 1.95. The van der Waals surface area contributed by atoms with Crippen LogP contribution in [0.1, 0.15) is 32.1 Å². The zero-order valence-corrected chi connectivity index (χ0v) is 13.5. The fourth-order valence-electron chi connectivity index (χ4n) is 1.59. The molecule has 10 N–H and O–H groups in total. The maximum atomic E-state index is 8.31. The molecule has 10 nitrogen and oxygen atoms in total. The Balaban J connectivity index is 3.83. The van der Waals surface area contributed by atoms with E-state index in [0.29, 0.717) is 26.1 Å². The van der Waals surface area contributed by atoms with E-state index in [9.17, 15) is 0 Å². The van der Waals surface area contributed by atoms with E-state index in [4.69, 9.17) is 28.2 Å². The van der Waals surface area contributed by atoms with Crippen LogP contribution < -0.4 is 33.6 Å². The summed E-state index contributed by atoms with van der Waals surface area (Å²) in [6.45, 7) is 2.29. The summed E-state index contributed by atoms with van der Waals surface area (Å²) in [6.07, 6.45) is 6.54. The molecule has 0 rings (SSSR count). The van der Waals surface area contributed by atoms with Crippen molar-refractivity contribution >= 4 is 17.9 Å². The van der Waals surface area contributed by atoms with Crippen molar-refractivity contribution in [2.24, 2.45) is 37.9 Å². The molecule has 0 unspecified atom stereocenters. The maximum absolute atomic E-state index is 8.31. The molecule has 0 aliphatic rings. The second-order valence-electron chi connectivity index (χ2n) is 4.72. The summed E-state index contributed by atoms with van der Waals surface area (Å²) >= 11 is 0. The number of nitrogens with one attached hydrogen (secondary N) is 2. The van der Waals surface area contributed by atoms with Crippen molar-refractivity contribution < 1.29 is 0 Å². The Bertz CT molecular complexity index is 435. The van der Waals surface area contributed by atoms with Gasteiger partial charge in [-0.3, -0.25) is 25.6 Å². The first-order valence-corrected chi connectivity index (χ1v) is 7.62. The van der Waals surface area contributed by atoms with Gasteiger partial charge >= 0.3 is 0 Å². The third kappa shape index (κ3) is 14.2. The standard InChI is InChI=1S/C13H28N10/c14-6-3-1-2-4-7-20-12(17)23-13(18)21-9-5-8-19-11(16)22-10-15/h1-9,14H2,(H3,16,19,22)(H5,17,18,20,21,23). The maximum Gasteiger partial charge on any atom is 0.202 e. The Labute approximate surface area is 137 Å². The molecule has 0 radical (unpaired) electrons. The third-order valence-corrected chi connectivity index (χ3v) is 2.72. The first kappa shape index (κ1) is 20.5. The minimum atomic E-state index is 0.0883. The molecule has 130 valence electrons. The van der Waals surface area contributed by atoms with E-state index < -0.39 is 0 Å². The highest BCUT2D eigenvalue weighted by molar-refractivity contribution is 5.97. The molecule has 0 saturated heterocycles. The van der Waals surface area contributed by atoms with Gasteiger partial charge in [-0.15, -0.1) is 0 Å². The summed E-state index contributed by atoms with van der Waals surface area (Å²) in [6, 6.07) is 0. The van der Waals surface area contributed by atoms with Crippen LogP contribution in [0.15, 0.2) is 15.0 Å². The van der Waals surface area contributed by atoms with Crippen LogP contribution in [-0.4, -0.2) is 44.1 Å². The Kier molecular flexibility index (Phi) is 12.8. The Morgan fingerprint density at radius 1 is 0.783 bits per heavy atom. The topological polar surface area (TPSA) is 189 Å². The molecule has 0 fully saturated rings. The molecule has 23 heavy (non-hydrogen) atoms. The predicted octanol–water partition coefficient (Wildman–Crippen LogP) is -1.50. The van der Waals surface area contributed by atoms with E-state index in [2.05, 4.69) is 25.6 Å². The van der Waals surface area contributed by atoms with Crippen LogP contribution in [0.2, 0.25) is 0 Å². The molecule has 0 aromatic rings. The lowest BCUT2D eigenvalue weighted by atomic mass is 10.2. The van der Waals surface area contributed by atoms with Crippen LogP contribution in [0.4, 0.5) is 0 Å². The Hall–Kier alpha value is -2.54. The zero-order valence-electron chi connectivity index (χ0n) is 13.5. The number of unbranched alkanes of at least 4 members (excludes halogenated alkanes) is 3. The van der Waals surface area contributed by atoms with Crippen molar-refractivity contribution in [3.63, 3.8) is 0 Å². The molecule has 10 heteroatoms. The molecule has 0 aliphatic carbocycles. The van der Waals surface area contributed by atoms with Gasteiger partial charge in [0.2, 0.25) is 5.96 Å². The largest absolute Gasteiger partial charge is 0.370 e. The van der Waals surface area contributed by atoms with E-state index in [-0.39, 0.29) is 17.9 Å². The van der Waals surface area contributed by atoms with Gasteiger partial charge in [-0.2, -0.15) is 5.26 Å². The number of nitrogens with zero attached hydrogens (tertiary/aromatic N) is 4. The van der Waals surface area contributed by atoms with Gasteiger partial charge < -0.3 is 22.9 Å². The van der Waals surface area contributed by atoms with Gasteiger partial charge in [-0.25, -0.2) is 0 Å². The molecular formula is C13H28N10. The van der Waals surface area contributed by atoms with E-state index >= 15 is 0 Å². The first-order valence-electron chi connectivity index (χ1n) is 7.62. The van der Waals surface area contributed by atoms with Gasteiger partial charge in [0, 0.05) is 19.6 Å². The van der Waals surface area contributed by atoms with Crippen LogP contribution in [0, 0.1) is 11.5 Å². The molecule has 0 amide bonds. The number of nitriles is 1. The molecule has 0 heterocycles. The van der Waals surface area contributed by atoms with E-state index in [1.54, 1.807) is 6.19 Å². The van der Waals surface area contributed by atoms with Gasteiger partial charge in [0.05, 0.1) is 0 Å². The van der Waals surface area contributed by atoms with Crippen LogP contribution >= 0.6 is 0 Å². The van der Waals surface area contributed by atoms with Crippen LogP contribution in [0.3, 0.4) is 0 Å². The predicted molar refractivity (Wildman–Crippen MR) is 93.5 cm³/mol. The molecule has 0 saturated carbocycles. The van der Waals surface area contributed by atoms with Crippen LogP contribution in [0.5, 0.6) is 0 Å². The van der Waals surface area contributed by atoms with Gasteiger partial charge in [-0.1, -0.05) is 12.8 Å². The van der Waals surface area contributed by atoms with Gasteiger partial charge in [0.15, 0.2) is 18.1 Å². The first-order chi connectivity index (χ1) is 11.1. The minimum absolute atomic E-state index is 0.0883. The smallest absolute Gasteiger partial charge is 0.202 e. The zero-order chi connectivity index (χ0) is 17.3. The molecule has 0 aliphatic heterocycles. The summed E-state index contributed by atoms with van der Waals surface area (Å²) in [5.41, 5.74) is 22.2. The average Bonchev–Trinajstić information content (AvgIpc) is 2.50. The van der Waals surface area contributed by atoms with Gasteiger partial charge in [0.25, 0.3) is 0 Å². The van der Waals surface area contributed by atoms with Crippen molar-refractivity contribution in [2.75, 3.05) is 26.2 Å². The summed E-state index contributed by atoms with van der Waals surface area (Å²) in [4.78, 5) is 12.2. The quantitative estimate of drug-likeness (QED) is 0.0926. The molecule has 0 aromatic heterocycles. The molecule has 0 atom stereocenters. The van der Waals surface area contributed by atoms with Crippen molar-refractivity contribution in [2.45, 2.75) is 32.1 Å². The van der Waals surface area contributed by atoms with Gasteiger partial charge in [-0.05, 0) is 25.8 Å². The number of rotatable bonds is 10. The average molecular weight is 324 g/mol. The summed E-state index contributed by atoms with van der Waals surface area (Å²) in [5.74, 6) is 0.553. The highest BCUT2D eigenvalue weighted by atomic mass is 15.2. The molecule has 0 bridgehead atoms. The number of aliphatic imine (C=N–C) groups is 3. The van der Waals surface area contributed by atoms with Crippen molar-refractivity contribution in [1.82, 2.24) is 10.6 Å². The van der Waals surface area contributed by atoms with E-state index in [1.165, 1.54) is 0 Å². The number of nitrogens with two attached hydrogens (primary N) is 4. The second kappa shape index (κ2) is 14.4. The van der Waals surface area contributed by atoms with Crippen LogP contribution in [0.25, 0.3) is 0 Å². The van der Waals surface area contributed by atoms with Crippen molar-refractivity contribution in [3.8, 4) is 6.19 Å². The lowest BCUT2D eigenvalue weighted by Crippen LogP contribution is -2.41. The highest BCUT2D eigenvalue weighted by Crippen LogP contribution is 1.98. The Morgan fingerprint density at radius 3 is 1.87 bits per heavy atom. The minimum Gasteiger partial charge on any atom is -0.370 e. The number of hydrogen-bond donors (Lipinski definition) is 6. The lowest BCUT2D eigenvalue weighted by Gasteiger charge is -2.04. The SMILES string of the molecule is N#CNC(N)=NCCCN=C(N)NC(N)=NCCCCCCN. The van der Waals surface area contributed by atoms with E-state index in [0.717, 1.165) is 32.2 Å². The summed E-state index contributed by atoms with van der Waals surface area (Å²) in [5, 5.41) is 13.3. The number of hydrogen-bond acceptors (Lipinski definition) is 5. The molecular weight excluding hydrogens is 296 g/mol. The summed E-state index contributed by atoms with van der Waals surface area (Å²) < 4.78 is 0. The van der Waals surface area contributed by atoms with Crippen molar-refractivity contribution in [3.05, 3.63) is 0 Å². The number of guanidine groups is 3.